The predicted octanol–water partition coefficient (Wildman–Crippen LogP) is 0.645. The van der Waals surface area contributed by atoms with E-state index in [1.165, 1.54) is 20.4 Å². The topological polar surface area (TPSA) is 78.9 Å². The predicted molar refractivity (Wildman–Crippen MR) is 53.0 cm³/mol. The zero-order chi connectivity index (χ0) is 12.1. The first-order valence-corrected chi connectivity index (χ1v) is 6.70. The van der Waals surface area contributed by atoms with Gasteiger partial charge in [0.15, 0.2) is 13.5 Å². The van der Waals surface area contributed by atoms with Gasteiger partial charge in [0.05, 0.1) is 20.6 Å². The summed E-state index contributed by atoms with van der Waals surface area (Å²) in [6, 6.07) is 0. The van der Waals surface area contributed by atoms with Gasteiger partial charge in [-0.15, -0.1) is 0 Å². The van der Waals surface area contributed by atoms with Gasteiger partial charge in [-0.25, -0.2) is 4.79 Å². The lowest BCUT2D eigenvalue weighted by Crippen LogP contribution is -2.27. The van der Waals surface area contributed by atoms with Crippen molar-refractivity contribution in [3.05, 3.63) is 0 Å². The third kappa shape index (κ3) is 6.25. The molecule has 0 heterocycles. The monoisotopic (exact) mass is 238 g/mol. The highest BCUT2D eigenvalue weighted by Gasteiger charge is 2.28. The van der Waals surface area contributed by atoms with Gasteiger partial charge in [-0.2, -0.15) is 0 Å². The van der Waals surface area contributed by atoms with Crippen LogP contribution < -0.4 is 0 Å². The van der Waals surface area contributed by atoms with Crippen molar-refractivity contribution in [2.24, 2.45) is 0 Å². The summed E-state index contributed by atoms with van der Waals surface area (Å²) in [4.78, 5) is 22.1. The van der Waals surface area contributed by atoms with Crippen LogP contribution in [0.3, 0.4) is 0 Å². The van der Waals surface area contributed by atoms with Crippen molar-refractivity contribution >= 4 is 19.3 Å². The molecule has 0 amide bonds. The third-order valence-corrected chi connectivity index (χ3v) is 2.19. The van der Waals surface area contributed by atoms with Crippen LogP contribution in [0.5, 0.6) is 0 Å². The Kier molecular flexibility index (Phi) is 5.54. The van der Waals surface area contributed by atoms with E-state index in [0.717, 1.165) is 7.11 Å². The Morgan fingerprint density at radius 2 is 1.73 bits per heavy atom. The van der Waals surface area contributed by atoms with E-state index in [1.54, 1.807) is 0 Å². The Bertz CT molecular complexity index is 281. The van der Waals surface area contributed by atoms with Crippen molar-refractivity contribution in [3.8, 4) is 0 Å². The number of rotatable bonds is 5. The largest absolute Gasteiger partial charge is 0.469 e. The van der Waals surface area contributed by atoms with E-state index in [-0.39, 0.29) is 6.42 Å². The molecule has 0 fully saturated rings. The van der Waals surface area contributed by atoms with Crippen molar-refractivity contribution in [1.82, 2.24) is 0 Å². The number of methoxy groups -OCH3 is 2. The van der Waals surface area contributed by atoms with Crippen LogP contribution in [0.4, 0.5) is 0 Å². The number of esters is 2. The molecule has 7 heteroatoms. The molecule has 0 spiro atoms. The molecule has 88 valence electrons. The lowest BCUT2D eigenvalue weighted by atomic mass is 10.2. The van der Waals surface area contributed by atoms with Crippen molar-refractivity contribution in [3.63, 3.8) is 0 Å². The van der Waals surface area contributed by atoms with Gasteiger partial charge in [0.2, 0.25) is 0 Å². The summed E-state index contributed by atoms with van der Waals surface area (Å²) in [5.41, 5.74) is 0. The summed E-state index contributed by atoms with van der Waals surface area (Å²) in [7, 11) is -0.517. The Morgan fingerprint density at radius 3 is 2.07 bits per heavy atom. The first kappa shape index (κ1) is 14.1. The van der Waals surface area contributed by atoms with Gasteiger partial charge >= 0.3 is 11.9 Å². The molecular formula is C8H15O6P. The highest BCUT2D eigenvalue weighted by atomic mass is 31.2. The van der Waals surface area contributed by atoms with Crippen molar-refractivity contribution in [1.29, 1.82) is 0 Å². The normalized spacial score (nSPS) is 13.1. The fraction of sp³-hybridized carbons (Fsp3) is 0.750. The van der Waals surface area contributed by atoms with Crippen LogP contribution in [0.1, 0.15) is 6.42 Å². The zero-order valence-electron chi connectivity index (χ0n) is 9.18. The molecule has 6 nitrogen and oxygen atoms in total. The average Bonchev–Trinajstić information content (AvgIpc) is 2.13. The molecule has 0 aromatic heterocycles. The van der Waals surface area contributed by atoms with Crippen LogP contribution in [0.2, 0.25) is 0 Å². The summed E-state index contributed by atoms with van der Waals surface area (Å²) < 4.78 is 25.1. The van der Waals surface area contributed by atoms with E-state index in [4.69, 9.17) is 4.52 Å². The minimum Gasteiger partial charge on any atom is -0.469 e. The van der Waals surface area contributed by atoms with E-state index in [1.807, 2.05) is 0 Å². The average molecular weight is 238 g/mol. The van der Waals surface area contributed by atoms with Gasteiger partial charge in [0, 0.05) is 13.3 Å². The van der Waals surface area contributed by atoms with Gasteiger partial charge in [0.25, 0.3) is 0 Å². The van der Waals surface area contributed by atoms with E-state index in [2.05, 4.69) is 9.47 Å². The quantitative estimate of drug-likeness (QED) is 0.516. The third-order valence-electron chi connectivity index (χ3n) is 1.42. The molecular weight excluding hydrogens is 223 g/mol. The maximum Gasteiger partial charge on any atom is 0.336 e. The molecule has 0 radical (unpaired) electrons. The minimum atomic E-state index is -2.86. The van der Waals surface area contributed by atoms with Crippen molar-refractivity contribution in [2.45, 2.75) is 12.5 Å². The lowest BCUT2D eigenvalue weighted by Gasteiger charge is -2.16. The van der Waals surface area contributed by atoms with Crippen LogP contribution in [0, 0.1) is 0 Å². The molecule has 0 saturated carbocycles. The second-order valence-corrected chi connectivity index (χ2v) is 5.86. The summed E-state index contributed by atoms with van der Waals surface area (Å²) in [6.45, 7) is 2.69. The molecule has 0 saturated heterocycles. The van der Waals surface area contributed by atoms with Crippen LogP contribution in [-0.2, 0) is 28.2 Å². The van der Waals surface area contributed by atoms with E-state index in [0.29, 0.717) is 0 Å². The Hall–Kier alpha value is -0.870. The van der Waals surface area contributed by atoms with Crippen LogP contribution in [-0.4, -0.2) is 45.6 Å². The number of carbonyl (C=O) groups excluding carboxylic acids is 2. The smallest absolute Gasteiger partial charge is 0.336 e. The van der Waals surface area contributed by atoms with Gasteiger partial charge in [-0.05, 0) is 0 Å². The summed E-state index contributed by atoms with van der Waals surface area (Å²) in [5, 5.41) is 0. The van der Waals surface area contributed by atoms with E-state index >= 15 is 0 Å². The highest BCUT2D eigenvalue weighted by Crippen LogP contribution is 2.39. The number of carbonyl (C=O) groups is 2. The summed E-state index contributed by atoms with van der Waals surface area (Å²) in [5.74, 6) is -1.37. The molecule has 0 aliphatic rings. The van der Waals surface area contributed by atoms with Crippen LogP contribution in [0.15, 0.2) is 0 Å². The van der Waals surface area contributed by atoms with Gasteiger partial charge in [-0.3, -0.25) is 9.36 Å². The van der Waals surface area contributed by atoms with Crippen molar-refractivity contribution < 1.29 is 28.2 Å². The highest BCUT2D eigenvalue weighted by molar-refractivity contribution is 7.57. The molecule has 1 unspecified atom stereocenters. The second kappa shape index (κ2) is 5.88. The molecule has 0 aromatic rings. The van der Waals surface area contributed by atoms with E-state index in [9.17, 15) is 14.2 Å². The number of hydrogen-bond donors (Lipinski definition) is 0. The lowest BCUT2D eigenvalue weighted by molar-refractivity contribution is -0.155. The Balaban J connectivity index is 4.52. The zero-order valence-corrected chi connectivity index (χ0v) is 10.1. The van der Waals surface area contributed by atoms with Crippen LogP contribution in [0.25, 0.3) is 0 Å². The molecule has 0 aliphatic heterocycles. The Morgan fingerprint density at radius 1 is 1.20 bits per heavy atom. The number of ether oxygens (including phenoxy) is 2. The first-order chi connectivity index (χ1) is 6.80. The molecule has 15 heavy (non-hydrogen) atoms. The van der Waals surface area contributed by atoms with Gasteiger partial charge in [0.1, 0.15) is 0 Å². The molecule has 0 N–H and O–H groups in total. The fourth-order valence-corrected chi connectivity index (χ4v) is 1.61. The molecule has 0 aromatic carbocycles. The number of hydrogen-bond acceptors (Lipinski definition) is 6. The summed E-state index contributed by atoms with van der Waals surface area (Å²) >= 11 is 0. The maximum absolute atomic E-state index is 11.3. The maximum atomic E-state index is 11.3. The molecule has 1 atom stereocenters. The first-order valence-electron chi connectivity index (χ1n) is 4.18. The SMILES string of the molecule is COC(=O)CC(OP(C)(C)=O)C(=O)OC. The van der Waals surface area contributed by atoms with Gasteiger partial charge in [-0.1, -0.05) is 0 Å². The Labute approximate surface area is 88.3 Å². The minimum absolute atomic E-state index is 0.311. The second-order valence-electron chi connectivity index (χ2n) is 3.15. The van der Waals surface area contributed by atoms with E-state index < -0.39 is 25.4 Å². The molecule has 0 rings (SSSR count). The van der Waals surface area contributed by atoms with Gasteiger partial charge < -0.3 is 14.0 Å². The standard InChI is InChI=1S/C8H15O6P/c1-12-7(9)5-6(8(10)13-2)14-15(3,4)11/h6H,5H2,1-4H3. The fourth-order valence-electron chi connectivity index (χ4n) is 0.836. The molecule has 0 aliphatic carbocycles. The molecule has 0 bridgehead atoms. The van der Waals surface area contributed by atoms with Crippen LogP contribution >= 0.6 is 7.37 Å². The van der Waals surface area contributed by atoms with Crippen molar-refractivity contribution in [2.75, 3.05) is 27.5 Å². The summed E-state index contributed by atoms with van der Waals surface area (Å²) in [6.07, 6.45) is -1.49.